The van der Waals surface area contributed by atoms with Gasteiger partial charge in [0.2, 0.25) is 0 Å². The van der Waals surface area contributed by atoms with Crippen molar-refractivity contribution >= 4 is 17.7 Å². The van der Waals surface area contributed by atoms with Gasteiger partial charge in [0.05, 0.1) is 6.61 Å². The molecule has 22 heavy (non-hydrogen) atoms. The Kier molecular flexibility index (Phi) is 5.81. The van der Waals surface area contributed by atoms with Crippen LogP contribution in [-0.4, -0.2) is 24.6 Å². The maximum atomic E-state index is 12.3. The zero-order chi connectivity index (χ0) is 15.9. The van der Waals surface area contributed by atoms with Crippen molar-refractivity contribution < 1.29 is 14.3 Å². The highest BCUT2D eigenvalue weighted by atomic mass is 16.5. The summed E-state index contributed by atoms with van der Waals surface area (Å²) in [5.74, 6) is 0.664. The standard InChI is InChI=1S/C17H24N2O3/c1-3-22-17(21)19-15-6-4-5-13(11-15)16(20)18-14-9-7-12(2)8-10-14/h4-6,11-12,14H,3,7-10H2,1-2H3,(H,18,20)(H,19,21). The van der Waals surface area contributed by atoms with Crippen molar-refractivity contribution in [2.24, 2.45) is 5.92 Å². The Balaban J connectivity index is 1.93. The molecule has 0 unspecified atom stereocenters. The van der Waals surface area contributed by atoms with Gasteiger partial charge < -0.3 is 10.1 Å². The fraction of sp³-hybridized carbons (Fsp3) is 0.529. The molecule has 5 nitrogen and oxygen atoms in total. The number of carbonyl (C=O) groups is 2. The summed E-state index contributed by atoms with van der Waals surface area (Å²) in [6.07, 6.45) is 3.88. The quantitative estimate of drug-likeness (QED) is 0.893. The van der Waals surface area contributed by atoms with E-state index in [9.17, 15) is 9.59 Å². The van der Waals surface area contributed by atoms with Crippen LogP contribution in [0.2, 0.25) is 0 Å². The molecule has 1 aromatic rings. The van der Waals surface area contributed by atoms with Crippen LogP contribution >= 0.6 is 0 Å². The van der Waals surface area contributed by atoms with Crippen molar-refractivity contribution in [1.82, 2.24) is 5.32 Å². The first-order valence-corrected chi connectivity index (χ1v) is 7.93. The summed E-state index contributed by atoms with van der Waals surface area (Å²) in [4.78, 5) is 23.7. The molecule has 0 bridgehead atoms. The summed E-state index contributed by atoms with van der Waals surface area (Å²) >= 11 is 0. The lowest BCUT2D eigenvalue weighted by molar-refractivity contribution is 0.0923. The van der Waals surface area contributed by atoms with Gasteiger partial charge in [0.25, 0.3) is 5.91 Å². The van der Waals surface area contributed by atoms with Gasteiger partial charge in [-0.05, 0) is 56.7 Å². The van der Waals surface area contributed by atoms with Crippen molar-refractivity contribution in [1.29, 1.82) is 0 Å². The zero-order valence-corrected chi connectivity index (χ0v) is 13.2. The number of amides is 2. The van der Waals surface area contributed by atoms with Gasteiger partial charge >= 0.3 is 6.09 Å². The highest BCUT2D eigenvalue weighted by Gasteiger charge is 2.20. The number of anilines is 1. The normalized spacial score (nSPS) is 21.0. The highest BCUT2D eigenvalue weighted by molar-refractivity contribution is 5.96. The van der Waals surface area contributed by atoms with E-state index in [0.29, 0.717) is 17.9 Å². The monoisotopic (exact) mass is 304 g/mol. The molecule has 5 heteroatoms. The van der Waals surface area contributed by atoms with Gasteiger partial charge in [0, 0.05) is 17.3 Å². The third-order valence-electron chi connectivity index (χ3n) is 4.00. The Bertz CT molecular complexity index is 522. The first-order chi connectivity index (χ1) is 10.6. The second-order valence-electron chi connectivity index (χ2n) is 5.86. The van der Waals surface area contributed by atoms with E-state index in [1.54, 1.807) is 31.2 Å². The Morgan fingerprint density at radius 2 is 1.95 bits per heavy atom. The first-order valence-electron chi connectivity index (χ1n) is 7.93. The van der Waals surface area contributed by atoms with Crippen molar-refractivity contribution in [2.75, 3.05) is 11.9 Å². The number of carbonyl (C=O) groups excluding carboxylic acids is 2. The van der Waals surface area contributed by atoms with Crippen LogP contribution in [0.4, 0.5) is 10.5 Å². The van der Waals surface area contributed by atoms with E-state index in [4.69, 9.17) is 4.74 Å². The average Bonchev–Trinajstić information content (AvgIpc) is 2.50. The van der Waals surface area contributed by atoms with Gasteiger partial charge in [-0.25, -0.2) is 4.79 Å². The summed E-state index contributed by atoms with van der Waals surface area (Å²) in [6, 6.07) is 7.15. The van der Waals surface area contributed by atoms with Crippen LogP contribution in [0.1, 0.15) is 49.9 Å². The molecule has 0 aromatic heterocycles. The van der Waals surface area contributed by atoms with Gasteiger partial charge in [0.1, 0.15) is 0 Å². The molecule has 0 spiro atoms. The van der Waals surface area contributed by atoms with Crippen molar-refractivity contribution in [3.63, 3.8) is 0 Å². The van der Waals surface area contributed by atoms with Crippen LogP contribution in [0, 0.1) is 5.92 Å². The molecule has 1 aliphatic carbocycles. The third-order valence-corrected chi connectivity index (χ3v) is 4.00. The van der Waals surface area contributed by atoms with E-state index in [0.717, 1.165) is 31.6 Å². The van der Waals surface area contributed by atoms with Gasteiger partial charge in [-0.2, -0.15) is 0 Å². The summed E-state index contributed by atoms with van der Waals surface area (Å²) in [5, 5.41) is 5.68. The third kappa shape index (κ3) is 4.76. The second kappa shape index (κ2) is 7.82. The molecular weight excluding hydrogens is 280 g/mol. The SMILES string of the molecule is CCOC(=O)Nc1cccc(C(=O)NC2CCC(C)CC2)c1. The van der Waals surface area contributed by atoms with E-state index < -0.39 is 6.09 Å². The molecule has 2 N–H and O–H groups in total. The van der Waals surface area contributed by atoms with E-state index in [2.05, 4.69) is 17.6 Å². The van der Waals surface area contributed by atoms with Crippen molar-refractivity contribution in [3.05, 3.63) is 29.8 Å². The van der Waals surface area contributed by atoms with E-state index in [1.165, 1.54) is 0 Å². The minimum atomic E-state index is -0.513. The Hall–Kier alpha value is -2.04. The fourth-order valence-corrected chi connectivity index (χ4v) is 2.70. The van der Waals surface area contributed by atoms with Crippen LogP contribution in [0.3, 0.4) is 0 Å². The molecule has 1 fully saturated rings. The molecule has 0 atom stereocenters. The van der Waals surface area contributed by atoms with Crippen LogP contribution in [-0.2, 0) is 4.74 Å². The summed E-state index contributed by atoms with van der Waals surface area (Å²) in [7, 11) is 0. The minimum absolute atomic E-state index is 0.0907. The number of rotatable bonds is 4. The number of ether oxygens (including phenoxy) is 1. The van der Waals surface area contributed by atoms with Crippen molar-refractivity contribution in [2.45, 2.75) is 45.6 Å². The van der Waals surface area contributed by atoms with Gasteiger partial charge in [-0.15, -0.1) is 0 Å². The molecule has 0 radical (unpaired) electrons. The second-order valence-corrected chi connectivity index (χ2v) is 5.86. The molecule has 0 heterocycles. The van der Waals surface area contributed by atoms with Crippen molar-refractivity contribution in [3.8, 4) is 0 Å². The lowest BCUT2D eigenvalue weighted by Gasteiger charge is -2.26. The predicted octanol–water partition coefficient (Wildman–Crippen LogP) is 3.56. The molecule has 0 saturated heterocycles. The lowest BCUT2D eigenvalue weighted by atomic mass is 9.87. The number of hydrogen-bond donors (Lipinski definition) is 2. The molecule has 1 aromatic carbocycles. The Morgan fingerprint density at radius 1 is 1.23 bits per heavy atom. The number of benzene rings is 1. The Morgan fingerprint density at radius 3 is 2.64 bits per heavy atom. The molecule has 0 aliphatic heterocycles. The van der Waals surface area contributed by atoms with E-state index in [-0.39, 0.29) is 11.9 Å². The van der Waals surface area contributed by atoms with Crippen LogP contribution in [0.15, 0.2) is 24.3 Å². The van der Waals surface area contributed by atoms with E-state index in [1.807, 2.05) is 0 Å². The summed E-state index contributed by atoms with van der Waals surface area (Å²) in [6.45, 7) is 4.31. The van der Waals surface area contributed by atoms with Crippen LogP contribution < -0.4 is 10.6 Å². The number of nitrogens with one attached hydrogen (secondary N) is 2. The summed E-state index contributed by atoms with van der Waals surface area (Å²) < 4.78 is 4.83. The zero-order valence-electron chi connectivity index (χ0n) is 13.2. The van der Waals surface area contributed by atoms with Gasteiger partial charge in [-0.1, -0.05) is 13.0 Å². The highest BCUT2D eigenvalue weighted by Crippen LogP contribution is 2.23. The topological polar surface area (TPSA) is 67.4 Å². The smallest absolute Gasteiger partial charge is 0.411 e. The fourth-order valence-electron chi connectivity index (χ4n) is 2.70. The maximum absolute atomic E-state index is 12.3. The van der Waals surface area contributed by atoms with E-state index >= 15 is 0 Å². The first kappa shape index (κ1) is 16.3. The Labute approximate surface area is 131 Å². The van der Waals surface area contributed by atoms with Gasteiger partial charge in [0.15, 0.2) is 0 Å². The predicted molar refractivity (Wildman–Crippen MR) is 86.0 cm³/mol. The lowest BCUT2D eigenvalue weighted by Crippen LogP contribution is -2.37. The molecule has 1 aliphatic rings. The van der Waals surface area contributed by atoms with Crippen LogP contribution in [0.25, 0.3) is 0 Å². The summed E-state index contributed by atoms with van der Waals surface area (Å²) in [5.41, 5.74) is 1.11. The van der Waals surface area contributed by atoms with Crippen LogP contribution in [0.5, 0.6) is 0 Å². The minimum Gasteiger partial charge on any atom is -0.450 e. The molecular formula is C17H24N2O3. The molecule has 1 saturated carbocycles. The largest absolute Gasteiger partial charge is 0.450 e. The van der Waals surface area contributed by atoms with Gasteiger partial charge in [-0.3, -0.25) is 10.1 Å². The maximum Gasteiger partial charge on any atom is 0.411 e. The molecule has 2 amide bonds. The molecule has 2 rings (SSSR count). The molecule has 120 valence electrons. The average molecular weight is 304 g/mol. The number of hydrogen-bond acceptors (Lipinski definition) is 3.